The summed E-state index contributed by atoms with van der Waals surface area (Å²) in [7, 11) is 0. The van der Waals surface area contributed by atoms with Crippen molar-refractivity contribution in [1.29, 1.82) is 0 Å². The lowest BCUT2D eigenvalue weighted by atomic mass is 10.1. The Balaban J connectivity index is 2.35. The molecule has 0 N–H and O–H groups in total. The van der Waals surface area contributed by atoms with Gasteiger partial charge in [-0.25, -0.2) is 9.79 Å². The van der Waals surface area contributed by atoms with Crippen molar-refractivity contribution in [3.05, 3.63) is 21.9 Å². The van der Waals surface area contributed by atoms with Crippen molar-refractivity contribution in [3.8, 4) is 12.3 Å². The first-order valence-electron chi connectivity index (χ1n) is 4.42. The molecule has 0 amide bonds. The topological polar surface area (TPSA) is 38.7 Å². The lowest BCUT2D eigenvalue weighted by Crippen LogP contribution is -2.25. The summed E-state index contributed by atoms with van der Waals surface area (Å²) in [6.45, 7) is 3.44. The van der Waals surface area contributed by atoms with E-state index in [2.05, 4.69) is 10.9 Å². The predicted octanol–water partition coefficient (Wildman–Crippen LogP) is 1.81. The first kappa shape index (κ1) is 9.94. The molecule has 4 heteroatoms. The number of hydrogen-bond acceptors (Lipinski definition) is 4. The van der Waals surface area contributed by atoms with Crippen LogP contribution in [0.2, 0.25) is 0 Å². The summed E-state index contributed by atoms with van der Waals surface area (Å²) in [5.74, 6) is 2.57. The van der Waals surface area contributed by atoms with Crippen LogP contribution in [0.4, 0.5) is 0 Å². The van der Waals surface area contributed by atoms with Gasteiger partial charge in [-0.1, -0.05) is 5.92 Å². The van der Waals surface area contributed by atoms with E-state index >= 15 is 0 Å². The summed E-state index contributed by atoms with van der Waals surface area (Å²) in [4.78, 5) is 17.2. The molecule has 0 spiro atoms. The van der Waals surface area contributed by atoms with Gasteiger partial charge in [0, 0.05) is 0 Å². The quantitative estimate of drug-likeness (QED) is 0.533. The average molecular weight is 219 g/mol. The molecule has 0 bridgehead atoms. The highest BCUT2D eigenvalue weighted by Crippen LogP contribution is 2.25. The van der Waals surface area contributed by atoms with Gasteiger partial charge in [0.05, 0.1) is 9.75 Å². The zero-order valence-electron chi connectivity index (χ0n) is 8.40. The van der Waals surface area contributed by atoms with Crippen molar-refractivity contribution in [3.63, 3.8) is 0 Å². The van der Waals surface area contributed by atoms with Crippen LogP contribution in [0.3, 0.4) is 0 Å². The Labute approximate surface area is 91.8 Å². The van der Waals surface area contributed by atoms with E-state index in [1.54, 1.807) is 13.8 Å². The second-order valence-corrected chi connectivity index (χ2v) is 4.76. The number of rotatable bonds is 1. The monoisotopic (exact) mass is 219 g/mol. The van der Waals surface area contributed by atoms with E-state index in [0.717, 1.165) is 9.75 Å². The number of carbonyl (C=O) groups is 1. The van der Waals surface area contributed by atoms with Crippen molar-refractivity contribution >= 4 is 23.2 Å². The van der Waals surface area contributed by atoms with Crippen LogP contribution in [0.5, 0.6) is 0 Å². The molecule has 1 aromatic heterocycles. The van der Waals surface area contributed by atoms with E-state index in [1.165, 1.54) is 11.3 Å². The van der Waals surface area contributed by atoms with Crippen LogP contribution < -0.4 is 0 Å². The van der Waals surface area contributed by atoms with Gasteiger partial charge in [0.15, 0.2) is 5.54 Å². The molecule has 1 aliphatic heterocycles. The molecule has 0 aromatic carbocycles. The fourth-order valence-electron chi connectivity index (χ4n) is 1.17. The van der Waals surface area contributed by atoms with E-state index in [9.17, 15) is 4.79 Å². The van der Waals surface area contributed by atoms with Crippen molar-refractivity contribution in [2.45, 2.75) is 19.4 Å². The SMILES string of the molecule is C#Cc1ccc(C2=NC(C)(C)C(=O)O2)s1. The highest BCUT2D eigenvalue weighted by Gasteiger charge is 2.37. The fourth-order valence-corrected chi connectivity index (χ4v) is 1.91. The Morgan fingerprint density at radius 1 is 1.53 bits per heavy atom. The minimum absolute atomic E-state index is 0.326. The average Bonchev–Trinajstić information content (AvgIpc) is 2.72. The Bertz CT molecular complexity index is 491. The van der Waals surface area contributed by atoms with Gasteiger partial charge in [0.25, 0.3) is 0 Å². The van der Waals surface area contributed by atoms with Gasteiger partial charge in [-0.15, -0.1) is 17.8 Å². The third-order valence-electron chi connectivity index (χ3n) is 2.03. The number of carbonyl (C=O) groups excluding carboxylic acids is 1. The largest absolute Gasteiger partial charge is 0.404 e. The van der Waals surface area contributed by atoms with Gasteiger partial charge in [0.2, 0.25) is 5.90 Å². The molecule has 15 heavy (non-hydrogen) atoms. The van der Waals surface area contributed by atoms with Crippen molar-refractivity contribution in [1.82, 2.24) is 0 Å². The first-order chi connectivity index (χ1) is 7.03. The summed E-state index contributed by atoms with van der Waals surface area (Å²) in [6, 6.07) is 3.62. The van der Waals surface area contributed by atoms with Gasteiger partial charge >= 0.3 is 5.97 Å². The number of aliphatic imine (C=N–C) groups is 1. The smallest absolute Gasteiger partial charge is 0.340 e. The van der Waals surface area contributed by atoms with Crippen LogP contribution in [0.1, 0.15) is 23.6 Å². The molecule has 0 saturated heterocycles. The second-order valence-electron chi connectivity index (χ2n) is 3.67. The van der Waals surface area contributed by atoms with Gasteiger partial charge in [-0.05, 0) is 26.0 Å². The maximum absolute atomic E-state index is 11.4. The molecular formula is C11H9NO2S. The number of ether oxygens (including phenoxy) is 1. The maximum atomic E-state index is 11.4. The maximum Gasteiger partial charge on any atom is 0.340 e. The molecule has 1 aliphatic rings. The zero-order chi connectivity index (χ0) is 11.1. The summed E-state index contributed by atoms with van der Waals surface area (Å²) >= 11 is 1.39. The number of thiophene rings is 1. The molecule has 1 aromatic rings. The molecule has 0 saturated carbocycles. The molecule has 0 aliphatic carbocycles. The van der Waals surface area contributed by atoms with Crippen molar-refractivity contribution < 1.29 is 9.53 Å². The van der Waals surface area contributed by atoms with Gasteiger partial charge in [0.1, 0.15) is 0 Å². The molecule has 0 unspecified atom stereocenters. The number of cyclic esters (lactones) is 1. The summed E-state index contributed by atoms with van der Waals surface area (Å²) in [6.07, 6.45) is 5.26. The molecular weight excluding hydrogens is 210 g/mol. The third-order valence-corrected chi connectivity index (χ3v) is 3.03. The van der Waals surface area contributed by atoms with Crippen LogP contribution >= 0.6 is 11.3 Å². The van der Waals surface area contributed by atoms with Crippen LogP contribution in [0.15, 0.2) is 17.1 Å². The van der Waals surface area contributed by atoms with E-state index in [4.69, 9.17) is 11.2 Å². The van der Waals surface area contributed by atoms with Crippen molar-refractivity contribution in [2.24, 2.45) is 4.99 Å². The summed E-state index contributed by atoms with van der Waals surface area (Å²) in [5.41, 5.74) is -0.782. The number of esters is 1. The predicted molar refractivity (Wildman–Crippen MR) is 59.0 cm³/mol. The third kappa shape index (κ3) is 1.66. The van der Waals surface area contributed by atoms with Crippen molar-refractivity contribution in [2.75, 3.05) is 0 Å². The van der Waals surface area contributed by atoms with E-state index in [1.807, 2.05) is 12.1 Å². The van der Waals surface area contributed by atoms with Crippen LogP contribution in [-0.4, -0.2) is 17.4 Å². The Morgan fingerprint density at radius 2 is 2.27 bits per heavy atom. The number of hydrogen-bond donors (Lipinski definition) is 0. The van der Waals surface area contributed by atoms with Gasteiger partial charge in [-0.2, -0.15) is 0 Å². The molecule has 76 valence electrons. The fraction of sp³-hybridized carbons (Fsp3) is 0.273. The van der Waals surface area contributed by atoms with Crippen LogP contribution in [0, 0.1) is 12.3 Å². The van der Waals surface area contributed by atoms with E-state index in [-0.39, 0.29) is 5.97 Å². The Kier molecular flexibility index (Phi) is 2.13. The Morgan fingerprint density at radius 3 is 2.73 bits per heavy atom. The summed E-state index contributed by atoms with van der Waals surface area (Å²) < 4.78 is 5.07. The first-order valence-corrected chi connectivity index (χ1v) is 5.23. The summed E-state index contributed by atoms with van der Waals surface area (Å²) in [5, 5.41) is 0. The lowest BCUT2D eigenvalue weighted by Gasteiger charge is -2.05. The van der Waals surface area contributed by atoms with Gasteiger partial charge < -0.3 is 4.74 Å². The molecule has 3 nitrogen and oxygen atoms in total. The standard InChI is InChI=1S/C11H9NO2S/c1-4-7-5-6-8(15-7)9-12-11(2,3)10(13)14-9/h1,5-6H,2-3H3. The molecule has 0 fully saturated rings. The number of terminal acetylenes is 1. The molecule has 2 heterocycles. The number of nitrogens with zero attached hydrogens (tertiary/aromatic N) is 1. The minimum Gasteiger partial charge on any atom is -0.404 e. The van der Waals surface area contributed by atoms with Crippen LogP contribution in [-0.2, 0) is 9.53 Å². The Hall–Kier alpha value is -1.60. The molecule has 0 radical (unpaired) electrons. The normalized spacial score (nSPS) is 18.2. The van der Waals surface area contributed by atoms with E-state index in [0.29, 0.717) is 5.90 Å². The zero-order valence-corrected chi connectivity index (χ0v) is 9.22. The minimum atomic E-state index is -0.782. The molecule has 2 rings (SSSR count). The van der Waals surface area contributed by atoms with Crippen LogP contribution in [0.25, 0.3) is 0 Å². The van der Waals surface area contributed by atoms with E-state index < -0.39 is 5.54 Å². The second kappa shape index (κ2) is 3.21. The highest BCUT2D eigenvalue weighted by atomic mass is 32.1. The van der Waals surface area contributed by atoms with Gasteiger partial charge in [-0.3, -0.25) is 0 Å². The molecule has 0 atom stereocenters. The lowest BCUT2D eigenvalue weighted by molar-refractivity contribution is -0.137. The highest BCUT2D eigenvalue weighted by molar-refractivity contribution is 7.14.